The lowest BCUT2D eigenvalue weighted by molar-refractivity contribution is 0.0880. The third-order valence-electron chi connectivity index (χ3n) is 4.80. The van der Waals surface area contributed by atoms with Gasteiger partial charge in [-0.25, -0.2) is 0 Å². The van der Waals surface area contributed by atoms with E-state index in [1.54, 1.807) is 0 Å². The molecule has 16 heavy (non-hydrogen) atoms. The van der Waals surface area contributed by atoms with Crippen LogP contribution in [0.3, 0.4) is 0 Å². The SMILES string of the molecule is CC1CCCC(C)N1CC(N)C1CCCC1. The molecule has 2 N–H and O–H groups in total. The standard InChI is InChI=1S/C14H28N2/c1-11-6-5-7-12(2)16(11)10-14(15)13-8-3-4-9-13/h11-14H,3-10,15H2,1-2H3. The van der Waals surface area contributed by atoms with Gasteiger partial charge in [0.1, 0.15) is 0 Å². The maximum atomic E-state index is 6.39. The van der Waals surface area contributed by atoms with Crippen LogP contribution < -0.4 is 5.73 Å². The fourth-order valence-electron chi connectivity index (χ4n) is 3.61. The maximum absolute atomic E-state index is 6.39. The van der Waals surface area contributed by atoms with Gasteiger partial charge >= 0.3 is 0 Å². The van der Waals surface area contributed by atoms with Crippen molar-refractivity contribution in [3.8, 4) is 0 Å². The van der Waals surface area contributed by atoms with Gasteiger partial charge in [-0.1, -0.05) is 19.3 Å². The molecule has 3 atom stereocenters. The number of hydrogen-bond donors (Lipinski definition) is 1. The van der Waals surface area contributed by atoms with Crippen LogP contribution in [0.25, 0.3) is 0 Å². The van der Waals surface area contributed by atoms with E-state index in [1.807, 2.05) is 0 Å². The second-order valence-corrected chi connectivity index (χ2v) is 6.03. The summed E-state index contributed by atoms with van der Waals surface area (Å²) in [6.45, 7) is 5.88. The molecule has 1 saturated heterocycles. The normalized spacial score (nSPS) is 35.4. The van der Waals surface area contributed by atoms with Gasteiger partial charge in [0.2, 0.25) is 0 Å². The zero-order chi connectivity index (χ0) is 11.5. The lowest BCUT2D eigenvalue weighted by atomic mass is 9.93. The molecule has 1 aliphatic carbocycles. The van der Waals surface area contributed by atoms with E-state index in [9.17, 15) is 0 Å². The van der Waals surface area contributed by atoms with Crippen molar-refractivity contribution in [1.82, 2.24) is 4.90 Å². The van der Waals surface area contributed by atoms with E-state index in [2.05, 4.69) is 18.7 Å². The van der Waals surface area contributed by atoms with Crippen molar-refractivity contribution in [2.45, 2.75) is 76.9 Å². The number of piperidine rings is 1. The zero-order valence-electron chi connectivity index (χ0n) is 11.0. The van der Waals surface area contributed by atoms with Crippen molar-refractivity contribution in [2.24, 2.45) is 11.7 Å². The highest BCUT2D eigenvalue weighted by atomic mass is 15.2. The minimum absolute atomic E-state index is 0.422. The number of nitrogens with two attached hydrogens (primary N) is 1. The molecule has 94 valence electrons. The van der Waals surface area contributed by atoms with E-state index in [4.69, 9.17) is 5.73 Å². The van der Waals surface area contributed by atoms with E-state index in [0.717, 1.165) is 24.5 Å². The molecule has 0 radical (unpaired) electrons. The Bertz CT molecular complexity index is 201. The molecule has 1 saturated carbocycles. The average molecular weight is 224 g/mol. The van der Waals surface area contributed by atoms with Crippen LogP contribution in [-0.4, -0.2) is 29.6 Å². The van der Waals surface area contributed by atoms with E-state index >= 15 is 0 Å². The molecule has 0 amide bonds. The summed E-state index contributed by atoms with van der Waals surface area (Å²) in [6.07, 6.45) is 9.68. The predicted octanol–water partition coefficient (Wildman–Crippen LogP) is 2.77. The Morgan fingerprint density at radius 3 is 2.12 bits per heavy atom. The molecular weight excluding hydrogens is 196 g/mol. The van der Waals surface area contributed by atoms with E-state index in [1.165, 1.54) is 44.9 Å². The summed E-state index contributed by atoms with van der Waals surface area (Å²) in [7, 11) is 0. The Morgan fingerprint density at radius 1 is 1.00 bits per heavy atom. The third kappa shape index (κ3) is 2.78. The number of likely N-dealkylation sites (tertiary alicyclic amines) is 1. The summed E-state index contributed by atoms with van der Waals surface area (Å²) >= 11 is 0. The summed E-state index contributed by atoms with van der Waals surface area (Å²) in [5, 5.41) is 0. The first-order valence-corrected chi connectivity index (χ1v) is 7.20. The monoisotopic (exact) mass is 224 g/mol. The Balaban J connectivity index is 1.86. The first kappa shape index (κ1) is 12.4. The lowest BCUT2D eigenvalue weighted by Gasteiger charge is -2.41. The average Bonchev–Trinajstić information content (AvgIpc) is 2.76. The van der Waals surface area contributed by atoms with Gasteiger partial charge in [-0.2, -0.15) is 0 Å². The first-order chi connectivity index (χ1) is 7.68. The van der Waals surface area contributed by atoms with E-state index < -0.39 is 0 Å². The van der Waals surface area contributed by atoms with Crippen molar-refractivity contribution < 1.29 is 0 Å². The Morgan fingerprint density at radius 2 is 1.56 bits per heavy atom. The molecule has 0 bridgehead atoms. The molecule has 0 aromatic rings. The second kappa shape index (κ2) is 5.50. The highest BCUT2D eigenvalue weighted by Crippen LogP contribution is 2.29. The maximum Gasteiger partial charge on any atom is 0.0196 e. The van der Waals surface area contributed by atoms with Crippen LogP contribution in [0.2, 0.25) is 0 Å². The minimum Gasteiger partial charge on any atom is -0.326 e. The van der Waals surface area contributed by atoms with Crippen molar-refractivity contribution in [2.75, 3.05) is 6.54 Å². The fraction of sp³-hybridized carbons (Fsp3) is 1.00. The quantitative estimate of drug-likeness (QED) is 0.798. The third-order valence-corrected chi connectivity index (χ3v) is 4.80. The highest BCUT2D eigenvalue weighted by molar-refractivity contribution is 4.86. The molecule has 1 heterocycles. The van der Waals surface area contributed by atoms with Crippen LogP contribution in [0.5, 0.6) is 0 Å². The molecule has 0 aromatic heterocycles. The van der Waals surface area contributed by atoms with Crippen LogP contribution in [-0.2, 0) is 0 Å². The first-order valence-electron chi connectivity index (χ1n) is 7.20. The molecule has 2 nitrogen and oxygen atoms in total. The molecule has 2 aliphatic rings. The van der Waals surface area contributed by atoms with Crippen molar-refractivity contribution in [1.29, 1.82) is 0 Å². The van der Waals surface area contributed by atoms with Gasteiger partial charge in [0.05, 0.1) is 0 Å². The van der Waals surface area contributed by atoms with Crippen LogP contribution in [0, 0.1) is 5.92 Å². The number of rotatable bonds is 3. The molecule has 1 aliphatic heterocycles. The Hall–Kier alpha value is -0.0800. The molecule has 3 unspecified atom stereocenters. The minimum atomic E-state index is 0.422. The van der Waals surface area contributed by atoms with E-state index in [0.29, 0.717) is 6.04 Å². The van der Waals surface area contributed by atoms with Crippen LogP contribution >= 0.6 is 0 Å². The smallest absolute Gasteiger partial charge is 0.0196 e. The highest BCUT2D eigenvalue weighted by Gasteiger charge is 2.29. The van der Waals surface area contributed by atoms with Gasteiger partial charge in [0, 0.05) is 24.7 Å². The summed E-state index contributed by atoms with van der Waals surface area (Å²) in [6, 6.07) is 1.91. The van der Waals surface area contributed by atoms with Crippen LogP contribution in [0.4, 0.5) is 0 Å². The van der Waals surface area contributed by atoms with Crippen LogP contribution in [0.1, 0.15) is 58.8 Å². The summed E-state index contributed by atoms with van der Waals surface area (Å²) in [4.78, 5) is 2.66. The van der Waals surface area contributed by atoms with Crippen LogP contribution in [0.15, 0.2) is 0 Å². The Kier molecular flexibility index (Phi) is 4.26. The van der Waals surface area contributed by atoms with Gasteiger partial charge in [-0.3, -0.25) is 4.90 Å². The molecule has 0 aromatic carbocycles. The molecule has 2 rings (SSSR count). The van der Waals surface area contributed by atoms with Gasteiger partial charge in [-0.05, 0) is 45.4 Å². The van der Waals surface area contributed by atoms with E-state index in [-0.39, 0.29) is 0 Å². The summed E-state index contributed by atoms with van der Waals surface area (Å²) in [5.41, 5.74) is 6.39. The Labute approximate surface area is 101 Å². The van der Waals surface area contributed by atoms with Gasteiger partial charge in [0.15, 0.2) is 0 Å². The molecule has 0 spiro atoms. The number of nitrogens with zero attached hydrogens (tertiary/aromatic N) is 1. The van der Waals surface area contributed by atoms with Crippen molar-refractivity contribution >= 4 is 0 Å². The van der Waals surface area contributed by atoms with Gasteiger partial charge in [0.25, 0.3) is 0 Å². The molecular formula is C14H28N2. The van der Waals surface area contributed by atoms with Gasteiger partial charge < -0.3 is 5.73 Å². The second-order valence-electron chi connectivity index (χ2n) is 6.03. The van der Waals surface area contributed by atoms with Gasteiger partial charge in [-0.15, -0.1) is 0 Å². The zero-order valence-corrected chi connectivity index (χ0v) is 11.0. The summed E-state index contributed by atoms with van der Waals surface area (Å²) in [5.74, 6) is 0.807. The lowest BCUT2D eigenvalue weighted by Crippen LogP contribution is -2.50. The summed E-state index contributed by atoms with van der Waals surface area (Å²) < 4.78 is 0. The van der Waals surface area contributed by atoms with Crippen molar-refractivity contribution in [3.05, 3.63) is 0 Å². The number of hydrogen-bond acceptors (Lipinski definition) is 2. The molecule has 2 fully saturated rings. The topological polar surface area (TPSA) is 29.3 Å². The molecule has 2 heteroatoms. The fourth-order valence-corrected chi connectivity index (χ4v) is 3.61. The van der Waals surface area contributed by atoms with Crippen molar-refractivity contribution in [3.63, 3.8) is 0 Å². The predicted molar refractivity (Wildman–Crippen MR) is 69.4 cm³/mol. The largest absolute Gasteiger partial charge is 0.326 e.